The molecule has 0 spiro atoms. The zero-order valence-electron chi connectivity index (χ0n) is 11.4. The molecule has 21 heavy (non-hydrogen) atoms. The van der Waals surface area contributed by atoms with Gasteiger partial charge in [0.05, 0.1) is 17.9 Å². The van der Waals surface area contributed by atoms with Gasteiger partial charge < -0.3 is 5.32 Å². The van der Waals surface area contributed by atoms with Crippen molar-refractivity contribution in [1.82, 2.24) is 9.97 Å². The fraction of sp³-hybridized carbons (Fsp3) is 0.429. The summed E-state index contributed by atoms with van der Waals surface area (Å²) in [7, 11) is 1.92. The Kier molecular flexibility index (Phi) is 5.23. The molecule has 2 aromatic heterocycles. The molecule has 0 unspecified atom stereocenters. The molecule has 1 fully saturated rings. The van der Waals surface area contributed by atoms with E-state index in [1.807, 2.05) is 7.05 Å². The highest BCUT2D eigenvalue weighted by atomic mass is 127. The Labute approximate surface area is 158 Å². The third-order valence-electron chi connectivity index (χ3n) is 3.72. The summed E-state index contributed by atoms with van der Waals surface area (Å²) < 4.78 is 3.30. The van der Waals surface area contributed by atoms with E-state index in [-0.39, 0.29) is 0 Å². The summed E-state index contributed by atoms with van der Waals surface area (Å²) in [5, 5.41) is 3.21. The van der Waals surface area contributed by atoms with Gasteiger partial charge in [-0.1, -0.05) is 12.8 Å². The normalized spacial score (nSPS) is 15.6. The number of halogens is 3. The van der Waals surface area contributed by atoms with Crippen LogP contribution < -0.4 is 5.32 Å². The van der Waals surface area contributed by atoms with Gasteiger partial charge in [-0.15, -0.1) is 11.3 Å². The molecule has 2 aromatic rings. The van der Waals surface area contributed by atoms with Crippen molar-refractivity contribution >= 4 is 71.6 Å². The lowest BCUT2D eigenvalue weighted by Crippen LogP contribution is -2.07. The van der Waals surface area contributed by atoms with E-state index in [1.165, 1.54) is 34.9 Å². The molecule has 3 nitrogen and oxygen atoms in total. The smallest absolute Gasteiger partial charge is 0.172 e. The van der Waals surface area contributed by atoms with Crippen molar-refractivity contribution < 1.29 is 0 Å². The molecule has 1 aliphatic rings. The first-order valence-corrected chi connectivity index (χ1v) is 10.3. The van der Waals surface area contributed by atoms with Gasteiger partial charge in [0, 0.05) is 17.4 Å². The maximum atomic E-state index is 4.90. The van der Waals surface area contributed by atoms with E-state index in [0.29, 0.717) is 5.92 Å². The lowest BCUT2D eigenvalue weighted by molar-refractivity contribution is 0.691. The predicted molar refractivity (Wildman–Crippen MR) is 104 cm³/mol. The number of rotatable bonds is 3. The Hall–Kier alpha value is 0.270. The zero-order valence-corrected chi connectivity index (χ0v) is 17.6. The number of hydrogen-bond acceptors (Lipinski definition) is 4. The first kappa shape index (κ1) is 16.1. The van der Waals surface area contributed by atoms with E-state index in [4.69, 9.17) is 4.98 Å². The van der Waals surface area contributed by atoms with E-state index >= 15 is 0 Å². The third-order valence-corrected chi connectivity index (χ3v) is 8.04. The number of nitrogens with zero attached hydrogens (tertiary/aromatic N) is 2. The number of aromatic nitrogens is 2. The molecule has 0 radical (unpaired) electrons. The summed E-state index contributed by atoms with van der Waals surface area (Å²) in [6.45, 7) is 0. The molecule has 3 rings (SSSR count). The molecule has 0 aliphatic heterocycles. The number of thiophene rings is 1. The highest BCUT2D eigenvalue weighted by Crippen LogP contribution is 2.40. The molecular formula is C14H14Br2IN3S. The lowest BCUT2D eigenvalue weighted by atomic mass is 10.0. The first-order valence-electron chi connectivity index (χ1n) is 6.80. The Morgan fingerprint density at radius 3 is 2.57 bits per heavy atom. The van der Waals surface area contributed by atoms with E-state index in [9.17, 15) is 0 Å². The van der Waals surface area contributed by atoms with Crippen LogP contribution in [-0.4, -0.2) is 17.0 Å². The molecule has 0 aromatic carbocycles. The maximum absolute atomic E-state index is 4.90. The Bertz CT molecular complexity index is 649. The van der Waals surface area contributed by atoms with Crippen LogP contribution in [0.15, 0.2) is 14.3 Å². The molecule has 0 atom stereocenters. The second-order valence-electron chi connectivity index (χ2n) is 5.06. The largest absolute Gasteiger partial charge is 0.372 e. The minimum absolute atomic E-state index is 0.581. The summed E-state index contributed by atoms with van der Waals surface area (Å²) in [4.78, 5) is 10.7. The monoisotopic (exact) mass is 541 g/mol. The van der Waals surface area contributed by atoms with E-state index < -0.39 is 0 Å². The summed E-state index contributed by atoms with van der Waals surface area (Å²) in [5.41, 5.74) is 1.21. The van der Waals surface area contributed by atoms with Gasteiger partial charge in [-0.05, 0) is 73.4 Å². The minimum Gasteiger partial charge on any atom is -0.372 e. The fourth-order valence-electron chi connectivity index (χ4n) is 2.67. The van der Waals surface area contributed by atoms with E-state index in [1.54, 1.807) is 11.3 Å². The van der Waals surface area contributed by atoms with Gasteiger partial charge in [0.25, 0.3) is 0 Å². The predicted octanol–water partition coefficient (Wildman–Crippen LogP) is 6.03. The van der Waals surface area contributed by atoms with Gasteiger partial charge in [-0.2, -0.15) is 0 Å². The summed E-state index contributed by atoms with van der Waals surface area (Å²) >= 11 is 11.1. The molecule has 2 heterocycles. The summed E-state index contributed by atoms with van der Waals surface area (Å²) in [6, 6.07) is 2.08. The average molecular weight is 543 g/mol. The second-order valence-corrected chi connectivity index (χ2v) is 9.36. The highest BCUT2D eigenvalue weighted by molar-refractivity contribution is 14.1. The lowest BCUT2D eigenvalue weighted by Gasteiger charge is -2.15. The summed E-state index contributed by atoms with van der Waals surface area (Å²) in [6.07, 6.45) is 5.11. The minimum atomic E-state index is 0.581. The van der Waals surface area contributed by atoms with Crippen LogP contribution >= 0.6 is 65.8 Å². The molecule has 1 saturated carbocycles. The Morgan fingerprint density at radius 2 is 2.00 bits per heavy atom. The van der Waals surface area contributed by atoms with Gasteiger partial charge in [0.1, 0.15) is 5.82 Å². The Balaban J connectivity index is 2.10. The SMILES string of the molecule is CNc1nc(-c2cc(Br)c(Br)s2)nc(C2CCCC2)c1I. The van der Waals surface area contributed by atoms with Gasteiger partial charge in [0.15, 0.2) is 5.82 Å². The van der Waals surface area contributed by atoms with E-state index in [2.05, 4.69) is 70.8 Å². The number of hydrogen-bond donors (Lipinski definition) is 1. The topological polar surface area (TPSA) is 37.8 Å². The molecule has 0 bridgehead atoms. The van der Waals surface area contributed by atoms with Gasteiger partial charge >= 0.3 is 0 Å². The van der Waals surface area contributed by atoms with Crippen LogP contribution in [0, 0.1) is 3.57 Å². The zero-order chi connectivity index (χ0) is 15.0. The van der Waals surface area contributed by atoms with Crippen LogP contribution in [0.25, 0.3) is 10.7 Å². The van der Waals surface area contributed by atoms with Crippen LogP contribution in [0.2, 0.25) is 0 Å². The molecule has 0 amide bonds. The Morgan fingerprint density at radius 1 is 1.29 bits per heavy atom. The van der Waals surface area contributed by atoms with Crippen LogP contribution in [0.1, 0.15) is 37.3 Å². The van der Waals surface area contributed by atoms with Gasteiger partial charge in [0.2, 0.25) is 0 Å². The first-order chi connectivity index (χ1) is 10.1. The van der Waals surface area contributed by atoms with Crippen LogP contribution in [0.3, 0.4) is 0 Å². The van der Waals surface area contributed by atoms with Crippen molar-refractivity contribution in [2.45, 2.75) is 31.6 Å². The number of anilines is 1. The fourth-order valence-corrected chi connectivity index (χ4v) is 5.59. The van der Waals surface area contributed by atoms with Crippen LogP contribution in [0.4, 0.5) is 5.82 Å². The standard InChI is InChI=1S/C14H14Br2IN3S/c1-18-14-10(17)11(7-4-2-3-5-7)19-13(20-14)9-6-8(15)12(16)21-9/h6-7H,2-5H2,1H3,(H,18,19,20). The van der Waals surface area contributed by atoms with Crippen LogP contribution in [-0.2, 0) is 0 Å². The van der Waals surface area contributed by atoms with Crippen molar-refractivity contribution in [2.75, 3.05) is 12.4 Å². The highest BCUT2D eigenvalue weighted by Gasteiger charge is 2.24. The third kappa shape index (κ3) is 3.30. The molecule has 112 valence electrons. The van der Waals surface area contributed by atoms with Gasteiger partial charge in [-0.25, -0.2) is 9.97 Å². The molecule has 1 aliphatic carbocycles. The van der Waals surface area contributed by atoms with Crippen molar-refractivity contribution in [3.63, 3.8) is 0 Å². The van der Waals surface area contributed by atoms with Crippen molar-refractivity contribution in [3.8, 4) is 10.7 Å². The van der Waals surface area contributed by atoms with Crippen molar-refractivity contribution in [3.05, 3.63) is 23.6 Å². The summed E-state index contributed by atoms with van der Waals surface area (Å²) in [5.74, 6) is 2.33. The van der Waals surface area contributed by atoms with E-state index in [0.717, 1.165) is 24.8 Å². The average Bonchev–Trinajstić information content (AvgIpc) is 3.10. The van der Waals surface area contributed by atoms with Crippen molar-refractivity contribution in [1.29, 1.82) is 0 Å². The maximum Gasteiger partial charge on any atom is 0.172 e. The van der Waals surface area contributed by atoms with Gasteiger partial charge in [-0.3, -0.25) is 0 Å². The molecular weight excluding hydrogens is 529 g/mol. The molecule has 7 heteroatoms. The second kappa shape index (κ2) is 6.80. The van der Waals surface area contributed by atoms with Crippen molar-refractivity contribution in [2.24, 2.45) is 0 Å². The molecule has 0 saturated heterocycles. The van der Waals surface area contributed by atoms with Crippen LogP contribution in [0.5, 0.6) is 0 Å². The number of nitrogens with one attached hydrogen (secondary N) is 1. The molecule has 1 N–H and O–H groups in total. The quantitative estimate of drug-likeness (QED) is 0.481.